The first kappa shape index (κ1) is 27.1. The standard InChI is InChI=1S/C24H38O10/c1-2-26-6-8-30-14-16-34-24-18-22-20-32-12-10-28-4-3-27-9-11-31-19-21(22)17-23(24)33-15-13-29-7-5-25-1/h17-18H,1-16,19-20H2. The quantitative estimate of drug-likeness (QED) is 0.538. The summed E-state index contributed by atoms with van der Waals surface area (Å²) < 4.78 is 56.8. The molecule has 2 heterocycles. The van der Waals surface area contributed by atoms with Crippen LogP contribution in [0.25, 0.3) is 0 Å². The molecule has 194 valence electrons. The molecule has 2 aliphatic heterocycles. The summed E-state index contributed by atoms with van der Waals surface area (Å²) in [6.45, 7) is 8.70. The molecule has 1 aromatic rings. The molecule has 2 aliphatic rings. The van der Waals surface area contributed by atoms with Crippen molar-refractivity contribution in [3.8, 4) is 11.5 Å². The van der Waals surface area contributed by atoms with Crippen molar-refractivity contribution < 1.29 is 47.4 Å². The van der Waals surface area contributed by atoms with Crippen LogP contribution in [0.3, 0.4) is 0 Å². The SMILES string of the molecule is c1c2c(cc3c1OCCOCCOCCOCCOCCO3)COCCOCCOCCOC2. The predicted octanol–water partition coefficient (Wildman–Crippen LogP) is 1.60. The first-order valence-electron chi connectivity index (χ1n) is 12.0. The largest absolute Gasteiger partial charge is 0.487 e. The van der Waals surface area contributed by atoms with Crippen LogP contribution in [-0.4, -0.2) is 106 Å². The van der Waals surface area contributed by atoms with E-state index in [2.05, 4.69) is 0 Å². The average Bonchev–Trinajstić information content (AvgIpc) is 2.85. The van der Waals surface area contributed by atoms with Gasteiger partial charge in [0.1, 0.15) is 13.2 Å². The Hall–Kier alpha value is -1.50. The van der Waals surface area contributed by atoms with Gasteiger partial charge < -0.3 is 47.4 Å². The molecule has 10 nitrogen and oxygen atoms in total. The lowest BCUT2D eigenvalue weighted by Crippen LogP contribution is -2.16. The van der Waals surface area contributed by atoms with Crippen molar-refractivity contribution in [2.24, 2.45) is 0 Å². The Morgan fingerprint density at radius 2 is 0.588 bits per heavy atom. The summed E-state index contributed by atoms with van der Waals surface area (Å²) in [4.78, 5) is 0. The summed E-state index contributed by atoms with van der Waals surface area (Å²) in [6.07, 6.45) is 0. The molecule has 0 saturated carbocycles. The summed E-state index contributed by atoms with van der Waals surface area (Å²) in [5.41, 5.74) is 1.95. The van der Waals surface area contributed by atoms with Crippen LogP contribution >= 0.6 is 0 Å². The molecule has 0 spiro atoms. The summed E-state index contributed by atoms with van der Waals surface area (Å²) in [5.74, 6) is 1.26. The van der Waals surface area contributed by atoms with Crippen LogP contribution < -0.4 is 9.47 Å². The number of rotatable bonds is 0. The van der Waals surface area contributed by atoms with Crippen LogP contribution in [0.2, 0.25) is 0 Å². The van der Waals surface area contributed by atoms with E-state index < -0.39 is 0 Å². The zero-order chi connectivity index (χ0) is 23.5. The van der Waals surface area contributed by atoms with Gasteiger partial charge in [-0.05, 0) is 23.3 Å². The Kier molecular flexibility index (Phi) is 14.2. The van der Waals surface area contributed by atoms with Crippen molar-refractivity contribution in [1.29, 1.82) is 0 Å². The highest BCUT2D eigenvalue weighted by atomic mass is 16.6. The van der Waals surface area contributed by atoms with E-state index in [1.54, 1.807) is 0 Å². The molecule has 0 radical (unpaired) electrons. The van der Waals surface area contributed by atoms with Crippen LogP contribution in [0.5, 0.6) is 11.5 Å². The van der Waals surface area contributed by atoms with Gasteiger partial charge >= 0.3 is 0 Å². The summed E-state index contributed by atoms with van der Waals surface area (Å²) >= 11 is 0. The molecule has 0 saturated heterocycles. The Bertz CT molecular complexity index is 602. The summed E-state index contributed by atoms with van der Waals surface area (Å²) in [6, 6.07) is 3.90. The molecule has 0 N–H and O–H groups in total. The molecule has 0 unspecified atom stereocenters. The second kappa shape index (κ2) is 17.9. The molecule has 0 bridgehead atoms. The van der Waals surface area contributed by atoms with Gasteiger partial charge in [0.25, 0.3) is 0 Å². The number of ether oxygens (including phenoxy) is 10. The molecule has 34 heavy (non-hydrogen) atoms. The summed E-state index contributed by atoms with van der Waals surface area (Å²) in [7, 11) is 0. The van der Waals surface area contributed by atoms with Crippen molar-refractivity contribution in [2.45, 2.75) is 13.2 Å². The molecular formula is C24H38O10. The lowest BCUT2D eigenvalue weighted by Gasteiger charge is -2.19. The van der Waals surface area contributed by atoms with Crippen molar-refractivity contribution in [3.05, 3.63) is 23.3 Å². The third kappa shape index (κ3) is 11.3. The molecule has 0 atom stereocenters. The molecule has 0 fully saturated rings. The smallest absolute Gasteiger partial charge is 0.161 e. The maximum Gasteiger partial charge on any atom is 0.161 e. The van der Waals surface area contributed by atoms with E-state index >= 15 is 0 Å². The van der Waals surface area contributed by atoms with E-state index in [9.17, 15) is 0 Å². The zero-order valence-electron chi connectivity index (χ0n) is 20.0. The van der Waals surface area contributed by atoms with E-state index in [1.807, 2.05) is 12.1 Å². The zero-order valence-corrected chi connectivity index (χ0v) is 20.0. The normalized spacial score (nSPS) is 21.9. The fourth-order valence-corrected chi connectivity index (χ4v) is 3.24. The molecular weight excluding hydrogens is 448 g/mol. The van der Waals surface area contributed by atoms with E-state index in [-0.39, 0.29) is 0 Å². The van der Waals surface area contributed by atoms with E-state index in [1.165, 1.54) is 0 Å². The van der Waals surface area contributed by atoms with Gasteiger partial charge in [0.2, 0.25) is 0 Å². The topological polar surface area (TPSA) is 92.3 Å². The molecule has 10 heteroatoms. The molecule has 0 amide bonds. The fraction of sp³-hybridized carbons (Fsp3) is 0.750. The van der Waals surface area contributed by atoms with Gasteiger partial charge in [-0.3, -0.25) is 0 Å². The minimum Gasteiger partial charge on any atom is -0.487 e. The molecule has 0 aliphatic carbocycles. The lowest BCUT2D eigenvalue weighted by molar-refractivity contribution is -0.0104. The van der Waals surface area contributed by atoms with E-state index in [0.29, 0.717) is 130 Å². The fourth-order valence-electron chi connectivity index (χ4n) is 3.24. The lowest BCUT2D eigenvalue weighted by atomic mass is 10.1. The van der Waals surface area contributed by atoms with Gasteiger partial charge in [-0.15, -0.1) is 0 Å². The van der Waals surface area contributed by atoms with E-state index in [0.717, 1.165) is 11.1 Å². The van der Waals surface area contributed by atoms with Gasteiger partial charge in [0.05, 0.1) is 106 Å². The number of fused-ring (bicyclic) bond motifs is 2. The van der Waals surface area contributed by atoms with Crippen LogP contribution in [0.15, 0.2) is 12.1 Å². The van der Waals surface area contributed by atoms with Crippen molar-refractivity contribution in [1.82, 2.24) is 0 Å². The summed E-state index contributed by atoms with van der Waals surface area (Å²) in [5, 5.41) is 0. The van der Waals surface area contributed by atoms with Crippen molar-refractivity contribution >= 4 is 0 Å². The minimum absolute atomic E-state index is 0.386. The second-order valence-corrected chi connectivity index (χ2v) is 7.54. The predicted molar refractivity (Wildman–Crippen MR) is 122 cm³/mol. The number of benzene rings is 1. The maximum absolute atomic E-state index is 6.02. The average molecular weight is 487 g/mol. The number of hydrogen-bond acceptors (Lipinski definition) is 10. The maximum atomic E-state index is 6.02. The monoisotopic (exact) mass is 486 g/mol. The second-order valence-electron chi connectivity index (χ2n) is 7.54. The minimum atomic E-state index is 0.386. The van der Waals surface area contributed by atoms with Gasteiger partial charge in [0, 0.05) is 0 Å². The first-order valence-corrected chi connectivity index (χ1v) is 12.0. The van der Waals surface area contributed by atoms with Gasteiger partial charge in [-0.2, -0.15) is 0 Å². The highest BCUT2D eigenvalue weighted by Crippen LogP contribution is 2.32. The highest BCUT2D eigenvalue weighted by molar-refractivity contribution is 5.47. The van der Waals surface area contributed by atoms with Crippen LogP contribution in [0.1, 0.15) is 11.1 Å². The van der Waals surface area contributed by atoms with Crippen molar-refractivity contribution in [3.63, 3.8) is 0 Å². The molecule has 1 aromatic carbocycles. The van der Waals surface area contributed by atoms with E-state index in [4.69, 9.17) is 47.4 Å². The van der Waals surface area contributed by atoms with Crippen LogP contribution in [0, 0.1) is 0 Å². The van der Waals surface area contributed by atoms with Crippen molar-refractivity contribution in [2.75, 3.05) is 106 Å². The van der Waals surface area contributed by atoms with Gasteiger partial charge in [-0.1, -0.05) is 0 Å². The number of hydrogen-bond donors (Lipinski definition) is 0. The Morgan fingerprint density at radius 3 is 0.912 bits per heavy atom. The Balaban J connectivity index is 1.66. The first-order chi connectivity index (χ1) is 16.9. The molecule has 3 rings (SSSR count). The Labute approximate surface area is 201 Å². The van der Waals surface area contributed by atoms with Crippen LogP contribution in [0.4, 0.5) is 0 Å². The van der Waals surface area contributed by atoms with Gasteiger partial charge in [0.15, 0.2) is 11.5 Å². The third-order valence-electron chi connectivity index (χ3n) is 4.98. The molecule has 0 aromatic heterocycles. The Morgan fingerprint density at radius 1 is 0.324 bits per heavy atom. The highest BCUT2D eigenvalue weighted by Gasteiger charge is 2.14. The van der Waals surface area contributed by atoms with Crippen LogP contribution in [-0.2, 0) is 51.1 Å². The van der Waals surface area contributed by atoms with Gasteiger partial charge in [-0.25, -0.2) is 0 Å². The third-order valence-corrected chi connectivity index (χ3v) is 4.98.